The number of nitrogens with zero attached hydrogens (tertiary/aromatic N) is 2. The fourth-order valence-corrected chi connectivity index (χ4v) is 2.41. The Morgan fingerprint density at radius 1 is 1.04 bits per heavy atom. The topological polar surface area (TPSA) is 82.5 Å². The maximum Gasteiger partial charge on any atom is 0.363 e. The van der Waals surface area contributed by atoms with Gasteiger partial charge in [0.1, 0.15) is 0 Å². The summed E-state index contributed by atoms with van der Waals surface area (Å²) < 4.78 is 11.8. The molecule has 27 heavy (non-hydrogen) atoms. The number of para-hydroxylation sites is 1. The molecule has 0 spiro atoms. The van der Waals surface area contributed by atoms with Crippen molar-refractivity contribution in [2.45, 2.75) is 6.54 Å². The van der Waals surface area contributed by atoms with E-state index in [9.17, 15) is 9.59 Å². The Morgan fingerprint density at radius 2 is 1.70 bits per heavy atom. The number of hydrogen-bond donors (Lipinski definition) is 1. The highest BCUT2D eigenvalue weighted by Crippen LogP contribution is 2.20. The zero-order chi connectivity index (χ0) is 19.1. The van der Waals surface area contributed by atoms with Crippen molar-refractivity contribution in [2.24, 2.45) is 0 Å². The number of esters is 1. The molecular formula is C20H19N3O4. The number of rotatable bonds is 7. The SMILES string of the molecule is COc1cn(-c2ccccc2)nc1C(=O)OCC(=O)NCc1ccccc1. The molecule has 3 rings (SSSR count). The molecule has 138 valence electrons. The first kappa shape index (κ1) is 18.2. The van der Waals surface area contributed by atoms with Gasteiger partial charge in [0, 0.05) is 6.54 Å². The molecule has 0 atom stereocenters. The second-order valence-electron chi connectivity index (χ2n) is 5.66. The molecule has 3 aromatic rings. The number of carbonyl (C=O) groups is 2. The lowest BCUT2D eigenvalue weighted by atomic mass is 10.2. The molecule has 1 aromatic heterocycles. The van der Waals surface area contributed by atoms with Gasteiger partial charge in [0.2, 0.25) is 5.69 Å². The van der Waals surface area contributed by atoms with Crippen LogP contribution in [-0.2, 0) is 16.1 Å². The minimum absolute atomic E-state index is 0.0113. The smallest absolute Gasteiger partial charge is 0.363 e. The van der Waals surface area contributed by atoms with E-state index in [1.807, 2.05) is 60.7 Å². The predicted octanol–water partition coefficient (Wildman–Crippen LogP) is 2.35. The maximum absolute atomic E-state index is 12.3. The van der Waals surface area contributed by atoms with E-state index in [2.05, 4.69) is 10.4 Å². The summed E-state index contributed by atoms with van der Waals surface area (Å²) in [5, 5.41) is 6.90. The summed E-state index contributed by atoms with van der Waals surface area (Å²) in [5.41, 5.74) is 1.74. The molecule has 1 heterocycles. The molecule has 7 nitrogen and oxygen atoms in total. The van der Waals surface area contributed by atoms with Crippen LogP contribution in [0.2, 0.25) is 0 Å². The summed E-state index contributed by atoms with van der Waals surface area (Å²) in [6.07, 6.45) is 1.58. The lowest BCUT2D eigenvalue weighted by Crippen LogP contribution is -2.28. The Bertz CT molecular complexity index is 907. The Morgan fingerprint density at radius 3 is 2.37 bits per heavy atom. The van der Waals surface area contributed by atoms with E-state index in [1.165, 1.54) is 11.8 Å². The quantitative estimate of drug-likeness (QED) is 0.650. The van der Waals surface area contributed by atoms with Crippen molar-refractivity contribution >= 4 is 11.9 Å². The zero-order valence-corrected chi connectivity index (χ0v) is 14.8. The fourth-order valence-electron chi connectivity index (χ4n) is 2.41. The van der Waals surface area contributed by atoms with Crippen LogP contribution in [-0.4, -0.2) is 35.4 Å². The predicted molar refractivity (Wildman–Crippen MR) is 98.7 cm³/mol. The summed E-state index contributed by atoms with van der Waals surface area (Å²) >= 11 is 0. The molecule has 1 amide bonds. The molecule has 0 saturated carbocycles. The monoisotopic (exact) mass is 365 g/mol. The summed E-state index contributed by atoms with van der Waals surface area (Å²) in [6, 6.07) is 18.8. The molecule has 0 unspecified atom stereocenters. The second-order valence-corrected chi connectivity index (χ2v) is 5.66. The van der Waals surface area contributed by atoms with Gasteiger partial charge in [0.25, 0.3) is 5.91 Å². The lowest BCUT2D eigenvalue weighted by Gasteiger charge is -2.06. The highest BCUT2D eigenvalue weighted by Gasteiger charge is 2.20. The molecule has 0 aliphatic rings. The molecule has 0 aliphatic carbocycles. The van der Waals surface area contributed by atoms with Crippen LogP contribution >= 0.6 is 0 Å². The van der Waals surface area contributed by atoms with Gasteiger partial charge in [-0.25, -0.2) is 9.48 Å². The molecule has 7 heteroatoms. The third-order valence-corrected chi connectivity index (χ3v) is 3.78. The number of carbonyl (C=O) groups excluding carboxylic acids is 2. The first-order valence-electron chi connectivity index (χ1n) is 8.34. The Labute approximate surface area is 156 Å². The minimum atomic E-state index is -0.726. The third-order valence-electron chi connectivity index (χ3n) is 3.78. The van der Waals surface area contributed by atoms with E-state index in [1.54, 1.807) is 6.20 Å². The fraction of sp³-hybridized carbons (Fsp3) is 0.150. The highest BCUT2D eigenvalue weighted by atomic mass is 16.5. The second kappa shape index (κ2) is 8.66. The van der Waals surface area contributed by atoms with Crippen molar-refractivity contribution in [1.29, 1.82) is 0 Å². The normalized spacial score (nSPS) is 10.3. The van der Waals surface area contributed by atoms with E-state index in [0.29, 0.717) is 6.54 Å². The van der Waals surface area contributed by atoms with Crippen LogP contribution in [0.25, 0.3) is 5.69 Å². The van der Waals surface area contributed by atoms with Crippen LogP contribution < -0.4 is 10.1 Å². The number of benzene rings is 2. The van der Waals surface area contributed by atoms with Gasteiger partial charge in [-0.05, 0) is 17.7 Å². The van der Waals surface area contributed by atoms with Crippen LogP contribution in [0.15, 0.2) is 66.9 Å². The molecule has 0 aliphatic heterocycles. The molecule has 0 bridgehead atoms. The van der Waals surface area contributed by atoms with Gasteiger partial charge in [0.15, 0.2) is 12.4 Å². The van der Waals surface area contributed by atoms with Crippen LogP contribution in [0.5, 0.6) is 5.75 Å². The van der Waals surface area contributed by atoms with E-state index in [-0.39, 0.29) is 11.4 Å². The first-order chi connectivity index (χ1) is 13.2. The molecule has 1 N–H and O–H groups in total. The highest BCUT2D eigenvalue weighted by molar-refractivity contribution is 5.92. The minimum Gasteiger partial charge on any atom is -0.493 e. The zero-order valence-electron chi connectivity index (χ0n) is 14.8. The van der Waals surface area contributed by atoms with Crippen molar-refractivity contribution in [3.8, 4) is 11.4 Å². The van der Waals surface area contributed by atoms with Gasteiger partial charge in [-0.3, -0.25) is 4.79 Å². The average molecular weight is 365 g/mol. The maximum atomic E-state index is 12.3. The standard InChI is InChI=1S/C20H19N3O4/c1-26-17-13-23(16-10-6-3-7-11-16)22-19(17)20(25)27-14-18(24)21-12-15-8-4-2-5-9-15/h2-11,13H,12,14H2,1H3,(H,21,24). The Kier molecular flexibility index (Phi) is 5.84. The van der Waals surface area contributed by atoms with Crippen LogP contribution in [0, 0.1) is 0 Å². The van der Waals surface area contributed by atoms with Gasteiger partial charge in [0.05, 0.1) is 19.0 Å². The van der Waals surface area contributed by atoms with E-state index >= 15 is 0 Å². The Balaban J connectivity index is 1.59. The van der Waals surface area contributed by atoms with Gasteiger partial charge < -0.3 is 14.8 Å². The lowest BCUT2D eigenvalue weighted by molar-refractivity contribution is -0.124. The summed E-state index contributed by atoms with van der Waals surface area (Å²) in [4.78, 5) is 24.2. The van der Waals surface area contributed by atoms with Crippen molar-refractivity contribution in [2.75, 3.05) is 13.7 Å². The number of methoxy groups -OCH3 is 1. The summed E-state index contributed by atoms with van der Waals surface area (Å²) in [6.45, 7) is -0.0316. The largest absolute Gasteiger partial charge is 0.493 e. The average Bonchev–Trinajstić information content (AvgIpc) is 3.16. The summed E-state index contributed by atoms with van der Waals surface area (Å²) in [5.74, 6) is -0.849. The van der Waals surface area contributed by atoms with Gasteiger partial charge >= 0.3 is 5.97 Å². The van der Waals surface area contributed by atoms with Gasteiger partial charge in [-0.2, -0.15) is 5.10 Å². The van der Waals surface area contributed by atoms with E-state index in [4.69, 9.17) is 9.47 Å². The number of ether oxygens (including phenoxy) is 2. The number of hydrogen-bond acceptors (Lipinski definition) is 5. The molecule has 0 radical (unpaired) electrons. The van der Waals surface area contributed by atoms with Gasteiger partial charge in [-0.15, -0.1) is 0 Å². The number of amides is 1. The van der Waals surface area contributed by atoms with Crippen molar-refractivity contribution in [3.63, 3.8) is 0 Å². The molecule has 0 saturated heterocycles. The van der Waals surface area contributed by atoms with Crippen molar-refractivity contribution < 1.29 is 19.1 Å². The molecule has 2 aromatic carbocycles. The van der Waals surface area contributed by atoms with Crippen LogP contribution in [0.3, 0.4) is 0 Å². The van der Waals surface area contributed by atoms with Crippen molar-refractivity contribution in [1.82, 2.24) is 15.1 Å². The van der Waals surface area contributed by atoms with Crippen molar-refractivity contribution in [3.05, 3.63) is 78.1 Å². The van der Waals surface area contributed by atoms with Crippen LogP contribution in [0.4, 0.5) is 0 Å². The first-order valence-corrected chi connectivity index (χ1v) is 8.34. The molecule has 0 fully saturated rings. The van der Waals surface area contributed by atoms with Gasteiger partial charge in [-0.1, -0.05) is 48.5 Å². The molecular weight excluding hydrogens is 346 g/mol. The number of aromatic nitrogens is 2. The third kappa shape index (κ3) is 4.72. The number of nitrogens with one attached hydrogen (secondary N) is 1. The summed E-state index contributed by atoms with van der Waals surface area (Å²) in [7, 11) is 1.44. The van der Waals surface area contributed by atoms with E-state index in [0.717, 1.165) is 11.3 Å². The Hall–Kier alpha value is -3.61. The van der Waals surface area contributed by atoms with E-state index < -0.39 is 18.5 Å². The van der Waals surface area contributed by atoms with Crippen LogP contribution in [0.1, 0.15) is 16.1 Å².